The summed E-state index contributed by atoms with van der Waals surface area (Å²) >= 11 is 1.52. The molecule has 3 rings (SSSR count). The third-order valence-electron chi connectivity index (χ3n) is 4.63. The Hall–Kier alpha value is -1.72. The van der Waals surface area contributed by atoms with Gasteiger partial charge in [0.15, 0.2) is 0 Å². The average Bonchev–Trinajstić information content (AvgIpc) is 3.25. The molecule has 4 nitrogen and oxygen atoms in total. The molecule has 0 saturated carbocycles. The predicted molar refractivity (Wildman–Crippen MR) is 103 cm³/mol. The van der Waals surface area contributed by atoms with Crippen molar-refractivity contribution in [1.29, 1.82) is 0 Å². The van der Waals surface area contributed by atoms with Crippen LogP contribution in [0.1, 0.15) is 51.6 Å². The highest BCUT2D eigenvalue weighted by molar-refractivity contribution is 7.13. The van der Waals surface area contributed by atoms with Gasteiger partial charge in [0, 0.05) is 13.0 Å². The molecule has 1 saturated heterocycles. The van der Waals surface area contributed by atoms with Gasteiger partial charge in [0.2, 0.25) is 0 Å². The zero-order valence-corrected chi connectivity index (χ0v) is 15.8. The number of benzene rings is 1. The molecule has 0 spiro atoms. The number of nitrogens with zero attached hydrogens (tertiary/aromatic N) is 2. The van der Waals surface area contributed by atoms with Crippen molar-refractivity contribution in [3.8, 4) is 0 Å². The predicted octanol–water partition coefficient (Wildman–Crippen LogP) is 3.65. The Morgan fingerprint density at radius 3 is 2.72 bits per heavy atom. The first-order valence-electron chi connectivity index (χ1n) is 9.23. The normalized spacial score (nSPS) is 14.8. The van der Waals surface area contributed by atoms with Gasteiger partial charge in [-0.1, -0.05) is 30.3 Å². The maximum absolute atomic E-state index is 12.4. The lowest BCUT2D eigenvalue weighted by Crippen LogP contribution is -2.26. The van der Waals surface area contributed by atoms with Crippen LogP contribution >= 0.6 is 11.3 Å². The van der Waals surface area contributed by atoms with Gasteiger partial charge in [-0.25, -0.2) is 4.98 Å². The van der Waals surface area contributed by atoms with Crippen molar-refractivity contribution in [2.24, 2.45) is 0 Å². The minimum atomic E-state index is 0.0236. The second kappa shape index (κ2) is 9.11. The minimum Gasteiger partial charge on any atom is -0.351 e. The number of carbonyl (C=O) groups is 1. The van der Waals surface area contributed by atoms with Crippen LogP contribution in [0, 0.1) is 6.92 Å². The van der Waals surface area contributed by atoms with E-state index in [2.05, 4.69) is 27.3 Å². The van der Waals surface area contributed by atoms with E-state index in [4.69, 9.17) is 0 Å². The lowest BCUT2D eigenvalue weighted by atomic mass is 10.2. The van der Waals surface area contributed by atoms with Gasteiger partial charge in [-0.15, -0.1) is 11.3 Å². The summed E-state index contributed by atoms with van der Waals surface area (Å²) in [7, 11) is 0. The van der Waals surface area contributed by atoms with Crippen molar-refractivity contribution in [1.82, 2.24) is 15.2 Å². The SMILES string of the molecule is Cc1nc(Cc2ccccc2)sc1C(=O)NCCCCN1CCCC1. The van der Waals surface area contributed by atoms with Crippen LogP contribution in [-0.4, -0.2) is 42.0 Å². The summed E-state index contributed by atoms with van der Waals surface area (Å²) in [4.78, 5) is 20.2. The number of nitrogens with one attached hydrogen (secondary N) is 1. The molecule has 0 bridgehead atoms. The smallest absolute Gasteiger partial charge is 0.263 e. The number of unbranched alkanes of at least 4 members (excludes halogenated alkanes) is 1. The number of carbonyl (C=O) groups excluding carboxylic acids is 1. The van der Waals surface area contributed by atoms with Crippen LogP contribution < -0.4 is 5.32 Å². The fourth-order valence-electron chi connectivity index (χ4n) is 3.26. The van der Waals surface area contributed by atoms with E-state index < -0.39 is 0 Å². The molecule has 0 unspecified atom stereocenters. The third kappa shape index (κ3) is 5.38. The zero-order valence-electron chi connectivity index (χ0n) is 15.0. The van der Waals surface area contributed by atoms with Crippen molar-refractivity contribution in [3.63, 3.8) is 0 Å². The quantitative estimate of drug-likeness (QED) is 0.734. The van der Waals surface area contributed by atoms with E-state index in [-0.39, 0.29) is 5.91 Å². The molecule has 1 aliphatic heterocycles. The van der Waals surface area contributed by atoms with Crippen LogP contribution in [0.2, 0.25) is 0 Å². The van der Waals surface area contributed by atoms with Gasteiger partial charge in [-0.3, -0.25) is 4.79 Å². The second-order valence-electron chi connectivity index (χ2n) is 6.70. The largest absolute Gasteiger partial charge is 0.351 e. The minimum absolute atomic E-state index is 0.0236. The van der Waals surface area contributed by atoms with Crippen molar-refractivity contribution in [3.05, 3.63) is 51.5 Å². The number of aryl methyl sites for hydroxylation is 1. The van der Waals surface area contributed by atoms with Crippen molar-refractivity contribution < 1.29 is 4.79 Å². The third-order valence-corrected chi connectivity index (χ3v) is 5.79. The fourth-order valence-corrected chi connectivity index (χ4v) is 4.27. The van der Waals surface area contributed by atoms with Gasteiger partial charge in [0.25, 0.3) is 5.91 Å². The number of amides is 1. The molecule has 134 valence electrons. The summed E-state index contributed by atoms with van der Waals surface area (Å²) in [5.74, 6) is 0.0236. The van der Waals surface area contributed by atoms with Crippen molar-refractivity contribution in [2.45, 2.75) is 39.0 Å². The Morgan fingerprint density at radius 2 is 1.96 bits per heavy atom. The monoisotopic (exact) mass is 357 g/mol. The van der Waals surface area contributed by atoms with E-state index in [1.54, 1.807) is 0 Å². The number of thiazole rings is 1. The van der Waals surface area contributed by atoms with E-state index in [0.29, 0.717) is 0 Å². The Labute approximate surface area is 154 Å². The Balaban J connectivity index is 1.43. The lowest BCUT2D eigenvalue weighted by Gasteiger charge is -2.13. The molecule has 1 aromatic heterocycles. The molecule has 1 N–H and O–H groups in total. The summed E-state index contributed by atoms with van der Waals surface area (Å²) in [6, 6.07) is 10.3. The summed E-state index contributed by atoms with van der Waals surface area (Å²) in [5.41, 5.74) is 2.07. The Bertz CT molecular complexity index is 678. The zero-order chi connectivity index (χ0) is 17.5. The number of aromatic nitrogens is 1. The van der Waals surface area contributed by atoms with Gasteiger partial charge < -0.3 is 10.2 Å². The first-order chi connectivity index (χ1) is 12.2. The molecule has 5 heteroatoms. The van der Waals surface area contributed by atoms with Gasteiger partial charge in [0.05, 0.1) is 10.7 Å². The number of hydrogen-bond donors (Lipinski definition) is 1. The first kappa shape index (κ1) is 18.1. The van der Waals surface area contributed by atoms with Crippen LogP contribution in [0.4, 0.5) is 0 Å². The molecule has 2 heterocycles. The van der Waals surface area contributed by atoms with Gasteiger partial charge in [-0.05, 0) is 57.8 Å². The average molecular weight is 358 g/mol. The lowest BCUT2D eigenvalue weighted by molar-refractivity contribution is 0.0956. The van der Waals surface area contributed by atoms with Crippen LogP contribution in [-0.2, 0) is 6.42 Å². The van der Waals surface area contributed by atoms with Crippen molar-refractivity contribution >= 4 is 17.2 Å². The van der Waals surface area contributed by atoms with Crippen molar-refractivity contribution in [2.75, 3.05) is 26.2 Å². The molecule has 2 aromatic rings. The van der Waals surface area contributed by atoms with Crippen LogP contribution in [0.5, 0.6) is 0 Å². The number of hydrogen-bond acceptors (Lipinski definition) is 4. The molecule has 0 atom stereocenters. The molecular weight excluding hydrogens is 330 g/mol. The van der Waals surface area contributed by atoms with Gasteiger partial charge >= 0.3 is 0 Å². The highest BCUT2D eigenvalue weighted by Crippen LogP contribution is 2.20. The molecule has 1 aliphatic rings. The van der Waals surface area contributed by atoms with Gasteiger partial charge in [-0.2, -0.15) is 0 Å². The molecule has 1 fully saturated rings. The molecule has 25 heavy (non-hydrogen) atoms. The van der Waals surface area contributed by atoms with E-state index >= 15 is 0 Å². The number of likely N-dealkylation sites (tertiary alicyclic amines) is 1. The standard InChI is InChI=1S/C20H27N3OS/c1-16-19(25-18(22-16)15-17-9-3-2-4-10-17)20(24)21-11-5-6-12-23-13-7-8-14-23/h2-4,9-10H,5-8,11-15H2,1H3,(H,21,24). The molecule has 0 aliphatic carbocycles. The number of rotatable bonds is 8. The maximum atomic E-state index is 12.4. The summed E-state index contributed by atoms with van der Waals surface area (Å²) in [5, 5.41) is 4.06. The molecule has 1 amide bonds. The maximum Gasteiger partial charge on any atom is 0.263 e. The van der Waals surface area contributed by atoms with Crippen LogP contribution in [0.3, 0.4) is 0 Å². The fraction of sp³-hybridized carbons (Fsp3) is 0.500. The van der Waals surface area contributed by atoms with E-state index in [0.717, 1.165) is 47.9 Å². The first-order valence-corrected chi connectivity index (χ1v) is 10.0. The van der Waals surface area contributed by atoms with Gasteiger partial charge in [0.1, 0.15) is 4.88 Å². The summed E-state index contributed by atoms with van der Waals surface area (Å²) in [6.07, 6.45) is 5.66. The summed E-state index contributed by atoms with van der Waals surface area (Å²) in [6.45, 7) is 6.33. The Morgan fingerprint density at radius 1 is 1.20 bits per heavy atom. The van der Waals surface area contributed by atoms with E-state index in [9.17, 15) is 4.79 Å². The van der Waals surface area contributed by atoms with E-state index in [1.165, 1.54) is 42.8 Å². The molecule has 1 aromatic carbocycles. The van der Waals surface area contributed by atoms with E-state index in [1.807, 2.05) is 25.1 Å². The topological polar surface area (TPSA) is 45.2 Å². The molecule has 0 radical (unpaired) electrons. The highest BCUT2D eigenvalue weighted by Gasteiger charge is 2.15. The Kier molecular flexibility index (Phi) is 6.59. The van der Waals surface area contributed by atoms with Crippen LogP contribution in [0.15, 0.2) is 30.3 Å². The second-order valence-corrected chi connectivity index (χ2v) is 7.78. The summed E-state index contributed by atoms with van der Waals surface area (Å²) < 4.78 is 0. The highest BCUT2D eigenvalue weighted by atomic mass is 32.1. The van der Waals surface area contributed by atoms with Crippen LogP contribution in [0.25, 0.3) is 0 Å². The molecular formula is C20H27N3OS.